The highest BCUT2D eigenvalue weighted by molar-refractivity contribution is 5.75. The number of hydrogen-bond acceptors (Lipinski definition) is 6. The molecule has 0 N–H and O–H groups in total. The normalized spacial score (nSPS) is 18.0. The van der Waals surface area contributed by atoms with E-state index in [1.54, 1.807) is 9.80 Å². The summed E-state index contributed by atoms with van der Waals surface area (Å²) in [5, 5.41) is 20.3. The molecule has 2 aliphatic rings. The van der Waals surface area contributed by atoms with Gasteiger partial charge in [-0.15, -0.1) is 0 Å². The van der Waals surface area contributed by atoms with E-state index in [9.17, 15) is 14.9 Å². The fourth-order valence-corrected chi connectivity index (χ4v) is 3.09. The van der Waals surface area contributed by atoms with Gasteiger partial charge in [0, 0.05) is 45.3 Å². The molecule has 9 nitrogen and oxygen atoms in total. The van der Waals surface area contributed by atoms with Crippen molar-refractivity contribution in [2.45, 2.75) is 0 Å². The van der Waals surface area contributed by atoms with Crippen LogP contribution in [0.25, 0.3) is 0 Å². The molecule has 3 rings (SSSR count). The lowest BCUT2D eigenvalue weighted by Crippen LogP contribution is -2.54. The van der Waals surface area contributed by atoms with Gasteiger partial charge in [0.15, 0.2) is 0 Å². The molecule has 0 saturated carbocycles. The Hall–Kier alpha value is -2.86. The van der Waals surface area contributed by atoms with Gasteiger partial charge >= 0.3 is 6.03 Å². The maximum Gasteiger partial charge on any atom is 0.320 e. The fraction of sp³-hybridized carbons (Fsp3) is 0.500. The third-order valence-corrected chi connectivity index (χ3v) is 4.47. The zero-order valence-electron chi connectivity index (χ0n) is 13.8. The number of piperazine rings is 1. The molecule has 0 bridgehead atoms. The van der Waals surface area contributed by atoms with Crippen molar-refractivity contribution in [2.75, 3.05) is 57.4 Å². The van der Waals surface area contributed by atoms with Gasteiger partial charge in [0.2, 0.25) is 0 Å². The molecule has 9 heteroatoms. The topological polar surface area (TPSA) is 103 Å². The van der Waals surface area contributed by atoms with Crippen LogP contribution in [0.5, 0.6) is 0 Å². The molecule has 1 aromatic carbocycles. The number of carbonyl (C=O) groups is 1. The summed E-state index contributed by atoms with van der Waals surface area (Å²) >= 11 is 0. The van der Waals surface area contributed by atoms with E-state index < -0.39 is 4.92 Å². The van der Waals surface area contributed by atoms with Crippen LogP contribution in [0, 0.1) is 21.4 Å². The predicted molar refractivity (Wildman–Crippen MR) is 89.4 cm³/mol. The lowest BCUT2D eigenvalue weighted by atomic mass is 10.1. The highest BCUT2D eigenvalue weighted by atomic mass is 16.6. The van der Waals surface area contributed by atoms with Crippen molar-refractivity contribution in [3.63, 3.8) is 0 Å². The van der Waals surface area contributed by atoms with Crippen molar-refractivity contribution >= 4 is 17.4 Å². The van der Waals surface area contributed by atoms with E-state index in [1.165, 1.54) is 18.2 Å². The Kier molecular flexibility index (Phi) is 5.00. The number of anilines is 1. The molecule has 25 heavy (non-hydrogen) atoms. The number of nitrogens with zero attached hydrogens (tertiary/aromatic N) is 5. The Morgan fingerprint density at radius 1 is 1.12 bits per heavy atom. The number of hydrogen-bond donors (Lipinski definition) is 0. The quantitative estimate of drug-likeness (QED) is 0.586. The van der Waals surface area contributed by atoms with Crippen LogP contribution >= 0.6 is 0 Å². The van der Waals surface area contributed by atoms with Crippen molar-refractivity contribution in [3.8, 4) is 6.07 Å². The minimum absolute atomic E-state index is 0.0109. The number of urea groups is 1. The molecule has 2 saturated heterocycles. The molecule has 0 aromatic heterocycles. The van der Waals surface area contributed by atoms with Gasteiger partial charge in [-0.2, -0.15) is 5.26 Å². The summed E-state index contributed by atoms with van der Waals surface area (Å²) in [6.07, 6.45) is 0. The van der Waals surface area contributed by atoms with Crippen molar-refractivity contribution in [1.29, 1.82) is 5.26 Å². The second-order valence-corrected chi connectivity index (χ2v) is 5.93. The summed E-state index contributed by atoms with van der Waals surface area (Å²) in [5.74, 6) is 0. The molecular formula is C16H19N5O4. The third kappa shape index (κ3) is 3.64. The Labute approximate surface area is 145 Å². The first kappa shape index (κ1) is 17.0. The Balaban J connectivity index is 1.69. The standard InChI is InChI=1S/C16H19N5O4/c17-12-13-1-2-14(21(23)24)15(11-13)18-3-5-19(6-4-18)16(22)20-7-9-25-10-8-20/h1-2,11H,3-10H2. The van der Waals surface area contributed by atoms with Crippen LogP contribution in [0.1, 0.15) is 5.56 Å². The first-order valence-electron chi connectivity index (χ1n) is 8.15. The number of nitro groups is 1. The largest absolute Gasteiger partial charge is 0.378 e. The van der Waals surface area contributed by atoms with Gasteiger partial charge < -0.3 is 19.4 Å². The molecule has 1 aromatic rings. The molecule has 0 atom stereocenters. The van der Waals surface area contributed by atoms with E-state index in [-0.39, 0.29) is 11.7 Å². The zero-order chi connectivity index (χ0) is 17.8. The number of benzene rings is 1. The summed E-state index contributed by atoms with van der Waals surface area (Å²) in [4.78, 5) is 28.7. The van der Waals surface area contributed by atoms with Crippen molar-refractivity contribution in [1.82, 2.24) is 9.80 Å². The summed E-state index contributed by atoms with van der Waals surface area (Å²) in [6.45, 7) is 4.26. The van der Waals surface area contributed by atoms with Crippen molar-refractivity contribution in [3.05, 3.63) is 33.9 Å². The van der Waals surface area contributed by atoms with E-state index in [0.29, 0.717) is 63.7 Å². The zero-order valence-corrected chi connectivity index (χ0v) is 13.8. The first-order valence-corrected chi connectivity index (χ1v) is 8.15. The van der Waals surface area contributed by atoms with Crippen LogP contribution < -0.4 is 4.90 Å². The van der Waals surface area contributed by atoms with Gasteiger partial charge in [0.1, 0.15) is 5.69 Å². The number of nitriles is 1. The minimum Gasteiger partial charge on any atom is -0.378 e. The van der Waals surface area contributed by atoms with Crippen LogP contribution in [0.4, 0.5) is 16.2 Å². The summed E-state index contributed by atoms with van der Waals surface area (Å²) in [7, 11) is 0. The van der Waals surface area contributed by atoms with Crippen LogP contribution in [0.3, 0.4) is 0 Å². The van der Waals surface area contributed by atoms with Crippen LogP contribution in [0.15, 0.2) is 18.2 Å². The lowest BCUT2D eigenvalue weighted by molar-refractivity contribution is -0.384. The van der Waals surface area contributed by atoms with Crippen LogP contribution in [-0.2, 0) is 4.74 Å². The molecule has 2 amide bonds. The monoisotopic (exact) mass is 345 g/mol. The minimum atomic E-state index is -0.443. The third-order valence-electron chi connectivity index (χ3n) is 4.47. The molecule has 0 unspecified atom stereocenters. The number of nitro benzene ring substituents is 1. The SMILES string of the molecule is N#Cc1ccc([N+](=O)[O-])c(N2CCN(C(=O)N3CCOCC3)CC2)c1. The van der Waals surface area contributed by atoms with E-state index in [0.717, 1.165) is 0 Å². The molecule has 2 fully saturated rings. The smallest absolute Gasteiger partial charge is 0.320 e. The van der Waals surface area contributed by atoms with Gasteiger partial charge in [-0.3, -0.25) is 10.1 Å². The molecule has 0 aliphatic carbocycles. The number of carbonyl (C=O) groups excluding carboxylic acids is 1. The van der Waals surface area contributed by atoms with Gasteiger partial charge in [0.05, 0.1) is 29.8 Å². The molecular weight excluding hydrogens is 326 g/mol. The van der Waals surface area contributed by atoms with E-state index in [1.807, 2.05) is 11.0 Å². The Morgan fingerprint density at radius 2 is 1.76 bits per heavy atom. The van der Waals surface area contributed by atoms with Crippen molar-refractivity contribution in [2.24, 2.45) is 0 Å². The fourth-order valence-electron chi connectivity index (χ4n) is 3.09. The van der Waals surface area contributed by atoms with Gasteiger partial charge in [-0.1, -0.05) is 0 Å². The molecule has 132 valence electrons. The Bertz CT molecular complexity index is 703. The number of amides is 2. The summed E-state index contributed by atoms with van der Waals surface area (Å²) in [5.41, 5.74) is 0.793. The van der Waals surface area contributed by atoms with Gasteiger partial charge in [0.25, 0.3) is 5.69 Å². The van der Waals surface area contributed by atoms with E-state index >= 15 is 0 Å². The second kappa shape index (κ2) is 7.36. The van der Waals surface area contributed by atoms with E-state index in [2.05, 4.69) is 0 Å². The number of ether oxygens (including phenoxy) is 1. The maximum atomic E-state index is 12.5. The summed E-state index contributed by atoms with van der Waals surface area (Å²) < 4.78 is 5.26. The summed E-state index contributed by atoms with van der Waals surface area (Å²) in [6, 6.07) is 6.34. The molecule has 0 radical (unpaired) electrons. The number of morpholine rings is 1. The maximum absolute atomic E-state index is 12.5. The molecule has 2 heterocycles. The van der Waals surface area contributed by atoms with Crippen molar-refractivity contribution < 1.29 is 14.5 Å². The van der Waals surface area contributed by atoms with Gasteiger partial charge in [-0.05, 0) is 12.1 Å². The van der Waals surface area contributed by atoms with Crippen LogP contribution in [-0.4, -0.2) is 73.2 Å². The highest BCUT2D eigenvalue weighted by Crippen LogP contribution is 2.30. The average Bonchev–Trinajstić information content (AvgIpc) is 2.67. The lowest BCUT2D eigenvalue weighted by Gasteiger charge is -2.39. The average molecular weight is 345 g/mol. The first-order chi connectivity index (χ1) is 12.1. The van der Waals surface area contributed by atoms with E-state index in [4.69, 9.17) is 10.00 Å². The predicted octanol–water partition coefficient (Wildman–Crippen LogP) is 1.04. The number of rotatable bonds is 2. The Morgan fingerprint density at radius 3 is 2.36 bits per heavy atom. The second-order valence-electron chi connectivity index (χ2n) is 5.93. The molecule has 2 aliphatic heterocycles. The highest BCUT2D eigenvalue weighted by Gasteiger charge is 2.29. The molecule has 0 spiro atoms. The van der Waals surface area contributed by atoms with Gasteiger partial charge in [-0.25, -0.2) is 4.79 Å². The van der Waals surface area contributed by atoms with Crippen LogP contribution in [0.2, 0.25) is 0 Å².